The van der Waals surface area contributed by atoms with Crippen LogP contribution in [0.15, 0.2) is 41.5 Å². The zero-order valence-corrected chi connectivity index (χ0v) is 16.7. The summed E-state index contributed by atoms with van der Waals surface area (Å²) in [5.74, 6) is 0.777. The lowest BCUT2D eigenvalue weighted by Gasteiger charge is -2.32. The Balaban J connectivity index is 1.60. The normalized spacial score (nSPS) is 17.0. The van der Waals surface area contributed by atoms with Crippen LogP contribution in [0.3, 0.4) is 0 Å². The molecule has 3 heterocycles. The number of nitrogens with zero attached hydrogens (tertiary/aromatic N) is 5. The average Bonchev–Trinajstić information content (AvgIpc) is 3.23. The smallest absolute Gasteiger partial charge is 0.282 e. The van der Waals surface area contributed by atoms with Crippen molar-refractivity contribution in [2.45, 2.75) is 25.3 Å². The van der Waals surface area contributed by atoms with Crippen LogP contribution >= 0.6 is 0 Å². The molecule has 8 heteroatoms. The summed E-state index contributed by atoms with van der Waals surface area (Å²) in [6.45, 7) is 2.48. The van der Waals surface area contributed by atoms with Crippen LogP contribution in [0.2, 0.25) is 0 Å². The average molecular weight is 395 g/mol. The SMILES string of the molecule is COCCn1ccnc1[C@H]1CCCN(C(=O)c2nc3ccccc3n(C)c2=O)C1. The van der Waals surface area contributed by atoms with Crippen molar-refractivity contribution in [2.75, 3.05) is 26.8 Å². The van der Waals surface area contributed by atoms with Crippen molar-refractivity contribution in [3.8, 4) is 0 Å². The molecular weight excluding hydrogens is 370 g/mol. The van der Waals surface area contributed by atoms with Gasteiger partial charge in [-0.15, -0.1) is 0 Å². The molecule has 152 valence electrons. The Morgan fingerprint density at radius 2 is 2.14 bits per heavy atom. The first kappa shape index (κ1) is 19.3. The topological polar surface area (TPSA) is 82.2 Å². The Morgan fingerprint density at radius 3 is 2.97 bits per heavy atom. The number of ether oxygens (including phenoxy) is 1. The summed E-state index contributed by atoms with van der Waals surface area (Å²) in [5.41, 5.74) is 0.972. The van der Waals surface area contributed by atoms with Crippen molar-refractivity contribution in [2.24, 2.45) is 7.05 Å². The number of carbonyl (C=O) groups is 1. The zero-order chi connectivity index (χ0) is 20.4. The van der Waals surface area contributed by atoms with Crippen molar-refractivity contribution in [1.29, 1.82) is 0 Å². The molecule has 1 aliphatic rings. The standard InChI is InChI=1S/C21H25N5O3/c1-24-17-8-4-3-7-16(17)23-18(20(24)27)21(28)26-10-5-6-15(14-26)19-22-9-11-25(19)12-13-29-2/h3-4,7-9,11,15H,5-6,10,12-14H2,1-2H3/t15-/m0/s1. The van der Waals surface area contributed by atoms with E-state index in [1.54, 1.807) is 25.3 Å². The summed E-state index contributed by atoms with van der Waals surface area (Å²) in [7, 11) is 3.35. The second kappa shape index (κ2) is 8.16. The fourth-order valence-electron chi connectivity index (χ4n) is 4.00. The van der Waals surface area contributed by atoms with E-state index in [0.29, 0.717) is 30.7 Å². The third kappa shape index (κ3) is 3.67. The number of benzene rings is 1. The predicted molar refractivity (Wildman–Crippen MR) is 109 cm³/mol. The van der Waals surface area contributed by atoms with Gasteiger partial charge in [0, 0.05) is 52.1 Å². The molecule has 1 aromatic carbocycles. The van der Waals surface area contributed by atoms with Crippen LogP contribution in [-0.4, -0.2) is 56.7 Å². The number of rotatable bonds is 5. The zero-order valence-electron chi connectivity index (χ0n) is 16.7. The first-order chi connectivity index (χ1) is 14.1. The van der Waals surface area contributed by atoms with Gasteiger partial charge < -0.3 is 18.8 Å². The molecule has 1 aliphatic heterocycles. The Labute approximate surface area is 168 Å². The number of amides is 1. The molecule has 8 nitrogen and oxygen atoms in total. The van der Waals surface area contributed by atoms with Crippen LogP contribution < -0.4 is 5.56 Å². The molecule has 0 saturated carbocycles. The second-order valence-corrected chi connectivity index (χ2v) is 7.38. The molecule has 0 unspecified atom stereocenters. The summed E-state index contributed by atoms with van der Waals surface area (Å²) in [4.78, 5) is 36.6. The van der Waals surface area contributed by atoms with E-state index in [1.165, 1.54) is 4.57 Å². The van der Waals surface area contributed by atoms with Gasteiger partial charge in [-0.2, -0.15) is 0 Å². The second-order valence-electron chi connectivity index (χ2n) is 7.38. The Bertz CT molecular complexity index is 1090. The Kier molecular flexibility index (Phi) is 5.44. The summed E-state index contributed by atoms with van der Waals surface area (Å²) >= 11 is 0. The van der Waals surface area contributed by atoms with Crippen molar-refractivity contribution < 1.29 is 9.53 Å². The summed E-state index contributed by atoms with van der Waals surface area (Å²) < 4.78 is 8.75. The fraction of sp³-hybridized carbons (Fsp3) is 0.429. The molecular formula is C21H25N5O3. The molecule has 29 heavy (non-hydrogen) atoms. The maximum Gasteiger partial charge on any atom is 0.282 e. The van der Waals surface area contributed by atoms with Gasteiger partial charge in [-0.3, -0.25) is 9.59 Å². The lowest BCUT2D eigenvalue weighted by atomic mass is 9.96. The third-order valence-electron chi connectivity index (χ3n) is 5.54. The number of imidazole rings is 1. The molecule has 0 N–H and O–H groups in total. The predicted octanol–water partition coefficient (Wildman–Crippen LogP) is 1.80. The Morgan fingerprint density at radius 1 is 1.31 bits per heavy atom. The number of carbonyl (C=O) groups excluding carboxylic acids is 1. The minimum absolute atomic E-state index is 0.0189. The van der Waals surface area contributed by atoms with Crippen molar-refractivity contribution in [3.05, 3.63) is 58.5 Å². The monoisotopic (exact) mass is 395 g/mol. The summed E-state index contributed by atoms with van der Waals surface area (Å²) in [6, 6.07) is 7.35. The molecule has 1 fully saturated rings. The number of aromatic nitrogens is 4. The molecule has 0 bridgehead atoms. The van der Waals surface area contributed by atoms with Crippen molar-refractivity contribution in [3.63, 3.8) is 0 Å². The van der Waals surface area contributed by atoms with Crippen molar-refractivity contribution in [1.82, 2.24) is 24.0 Å². The van der Waals surface area contributed by atoms with Gasteiger partial charge in [0.25, 0.3) is 11.5 Å². The lowest BCUT2D eigenvalue weighted by Crippen LogP contribution is -2.43. The maximum atomic E-state index is 13.2. The van der Waals surface area contributed by atoms with Crippen LogP contribution in [0, 0.1) is 0 Å². The fourth-order valence-corrected chi connectivity index (χ4v) is 4.00. The van der Waals surface area contributed by atoms with Crippen LogP contribution in [0.25, 0.3) is 11.0 Å². The van der Waals surface area contributed by atoms with E-state index in [1.807, 2.05) is 30.5 Å². The molecule has 0 radical (unpaired) electrons. The van der Waals surface area contributed by atoms with Crippen LogP contribution in [-0.2, 0) is 18.3 Å². The van der Waals surface area contributed by atoms with Gasteiger partial charge in [-0.1, -0.05) is 12.1 Å². The molecule has 2 aromatic heterocycles. The highest BCUT2D eigenvalue weighted by Crippen LogP contribution is 2.26. The number of hydrogen-bond acceptors (Lipinski definition) is 5. The van der Waals surface area contributed by atoms with Crippen LogP contribution in [0.1, 0.15) is 35.1 Å². The number of fused-ring (bicyclic) bond motifs is 1. The van der Waals surface area contributed by atoms with Crippen LogP contribution in [0.4, 0.5) is 0 Å². The van der Waals surface area contributed by atoms with Crippen molar-refractivity contribution >= 4 is 16.9 Å². The minimum Gasteiger partial charge on any atom is -0.383 e. The number of aryl methyl sites for hydroxylation is 1. The minimum atomic E-state index is -0.364. The number of para-hydroxylation sites is 2. The van der Waals surface area contributed by atoms with Gasteiger partial charge in [0.05, 0.1) is 17.6 Å². The molecule has 3 aromatic rings. The van der Waals surface area contributed by atoms with E-state index in [4.69, 9.17) is 4.74 Å². The molecule has 1 amide bonds. The van der Waals surface area contributed by atoms with E-state index in [9.17, 15) is 9.59 Å². The van der Waals surface area contributed by atoms with Gasteiger partial charge in [0.1, 0.15) is 5.82 Å². The van der Waals surface area contributed by atoms with E-state index in [-0.39, 0.29) is 23.1 Å². The summed E-state index contributed by atoms with van der Waals surface area (Å²) in [6.07, 6.45) is 5.54. The number of methoxy groups -OCH3 is 1. The van der Waals surface area contributed by atoms with Gasteiger partial charge in [0.15, 0.2) is 5.69 Å². The largest absolute Gasteiger partial charge is 0.383 e. The maximum absolute atomic E-state index is 13.2. The molecule has 4 rings (SSSR count). The number of hydrogen-bond donors (Lipinski definition) is 0. The van der Waals surface area contributed by atoms with E-state index in [0.717, 1.165) is 25.2 Å². The molecule has 1 atom stereocenters. The molecule has 1 saturated heterocycles. The number of piperidine rings is 1. The highest BCUT2D eigenvalue weighted by Gasteiger charge is 2.30. The lowest BCUT2D eigenvalue weighted by molar-refractivity contribution is 0.0694. The van der Waals surface area contributed by atoms with Crippen LogP contribution in [0.5, 0.6) is 0 Å². The van der Waals surface area contributed by atoms with E-state index < -0.39 is 0 Å². The quantitative estimate of drug-likeness (QED) is 0.658. The van der Waals surface area contributed by atoms with Gasteiger partial charge in [-0.05, 0) is 25.0 Å². The van der Waals surface area contributed by atoms with Gasteiger partial charge >= 0.3 is 0 Å². The summed E-state index contributed by atoms with van der Waals surface area (Å²) in [5, 5.41) is 0. The van der Waals surface area contributed by atoms with Gasteiger partial charge in [0.2, 0.25) is 0 Å². The third-order valence-corrected chi connectivity index (χ3v) is 5.54. The first-order valence-electron chi connectivity index (χ1n) is 9.85. The Hall–Kier alpha value is -3.00. The highest BCUT2D eigenvalue weighted by atomic mass is 16.5. The van der Waals surface area contributed by atoms with E-state index in [2.05, 4.69) is 14.5 Å². The van der Waals surface area contributed by atoms with E-state index >= 15 is 0 Å². The molecule has 0 aliphatic carbocycles. The number of likely N-dealkylation sites (tertiary alicyclic amines) is 1. The first-order valence-corrected chi connectivity index (χ1v) is 9.85. The molecule has 0 spiro atoms. The highest BCUT2D eigenvalue weighted by molar-refractivity contribution is 5.94. The van der Waals surface area contributed by atoms with Gasteiger partial charge in [-0.25, -0.2) is 9.97 Å².